The van der Waals surface area contributed by atoms with Crippen LogP contribution in [0.4, 0.5) is 0 Å². The Hall–Kier alpha value is -2.02. The number of hydrogen-bond acceptors (Lipinski definition) is 1. The summed E-state index contributed by atoms with van der Waals surface area (Å²) in [5.74, 6) is 0.904. The van der Waals surface area contributed by atoms with E-state index in [9.17, 15) is 0 Å². The van der Waals surface area contributed by atoms with Crippen molar-refractivity contribution in [2.24, 2.45) is 0 Å². The minimum absolute atomic E-state index is 0.904. The van der Waals surface area contributed by atoms with E-state index in [0.29, 0.717) is 0 Å². The van der Waals surface area contributed by atoms with Gasteiger partial charge in [-0.25, -0.2) is 0 Å². The van der Waals surface area contributed by atoms with Crippen LogP contribution in [0.5, 0.6) is 5.75 Å². The molecule has 0 unspecified atom stereocenters. The van der Waals surface area contributed by atoms with Crippen molar-refractivity contribution >= 4 is 6.08 Å². The summed E-state index contributed by atoms with van der Waals surface area (Å²) >= 11 is 0. The molecule has 2 rings (SSSR count). The Bertz CT molecular complexity index is 497. The lowest BCUT2D eigenvalue weighted by atomic mass is 10.1. The smallest absolute Gasteiger partial charge is 0.118 e. The monoisotopic (exact) mass is 252 g/mol. The minimum Gasteiger partial charge on any atom is -0.497 e. The van der Waals surface area contributed by atoms with Crippen LogP contribution >= 0.6 is 0 Å². The first-order chi connectivity index (χ1) is 9.38. The normalized spacial score (nSPS) is 10.8. The van der Waals surface area contributed by atoms with Crippen molar-refractivity contribution in [3.05, 3.63) is 71.8 Å². The Morgan fingerprint density at radius 1 is 0.947 bits per heavy atom. The van der Waals surface area contributed by atoms with Crippen molar-refractivity contribution in [1.82, 2.24) is 0 Å². The van der Waals surface area contributed by atoms with E-state index in [2.05, 4.69) is 54.6 Å². The second kappa shape index (κ2) is 7.42. The zero-order chi connectivity index (χ0) is 13.3. The summed E-state index contributed by atoms with van der Waals surface area (Å²) in [6, 6.07) is 18.8. The van der Waals surface area contributed by atoms with Gasteiger partial charge in [0.15, 0.2) is 0 Å². The lowest BCUT2D eigenvalue weighted by Crippen LogP contribution is -1.83. The minimum atomic E-state index is 0.904. The van der Waals surface area contributed by atoms with Crippen LogP contribution in [0.2, 0.25) is 0 Å². The molecule has 0 spiro atoms. The van der Waals surface area contributed by atoms with Crippen LogP contribution < -0.4 is 4.74 Å². The van der Waals surface area contributed by atoms with Crippen LogP contribution in [0.15, 0.2) is 60.7 Å². The van der Waals surface area contributed by atoms with Gasteiger partial charge in [-0.05, 0) is 42.5 Å². The quantitative estimate of drug-likeness (QED) is 0.675. The van der Waals surface area contributed by atoms with Gasteiger partial charge >= 0.3 is 0 Å². The Balaban J connectivity index is 1.74. The van der Waals surface area contributed by atoms with Gasteiger partial charge in [0.25, 0.3) is 0 Å². The molecule has 1 nitrogen and oxygen atoms in total. The fraction of sp³-hybridized carbons (Fsp3) is 0.222. The van der Waals surface area contributed by atoms with Crippen LogP contribution in [0, 0.1) is 0 Å². The maximum atomic E-state index is 5.14. The molecule has 19 heavy (non-hydrogen) atoms. The number of methoxy groups -OCH3 is 1. The molecule has 1 heteroatoms. The van der Waals surface area contributed by atoms with Crippen molar-refractivity contribution < 1.29 is 4.74 Å². The average molecular weight is 252 g/mol. The van der Waals surface area contributed by atoms with Crippen molar-refractivity contribution in [2.45, 2.75) is 19.3 Å². The third-order valence-corrected chi connectivity index (χ3v) is 3.11. The maximum absolute atomic E-state index is 5.14. The predicted molar refractivity (Wildman–Crippen MR) is 81.4 cm³/mol. The molecule has 0 saturated carbocycles. The average Bonchev–Trinajstić information content (AvgIpc) is 2.49. The maximum Gasteiger partial charge on any atom is 0.118 e. The van der Waals surface area contributed by atoms with Crippen molar-refractivity contribution in [1.29, 1.82) is 0 Å². The molecule has 0 N–H and O–H groups in total. The Kier molecular flexibility index (Phi) is 5.24. The van der Waals surface area contributed by atoms with E-state index in [4.69, 9.17) is 4.74 Å². The summed E-state index contributed by atoms with van der Waals surface area (Å²) in [5.41, 5.74) is 2.64. The van der Waals surface area contributed by atoms with E-state index < -0.39 is 0 Å². The van der Waals surface area contributed by atoms with Gasteiger partial charge in [0.2, 0.25) is 0 Å². The van der Waals surface area contributed by atoms with Crippen LogP contribution in [0.3, 0.4) is 0 Å². The first kappa shape index (κ1) is 13.4. The molecule has 0 atom stereocenters. The van der Waals surface area contributed by atoms with Crippen molar-refractivity contribution in [3.8, 4) is 5.75 Å². The Labute approximate surface area is 115 Å². The first-order valence-electron chi connectivity index (χ1n) is 6.73. The van der Waals surface area contributed by atoms with E-state index in [0.717, 1.165) is 18.6 Å². The summed E-state index contributed by atoms with van der Waals surface area (Å²) in [6.07, 6.45) is 7.86. The molecule has 0 aliphatic rings. The third-order valence-electron chi connectivity index (χ3n) is 3.11. The summed E-state index contributed by atoms with van der Waals surface area (Å²) < 4.78 is 5.14. The van der Waals surface area contributed by atoms with Gasteiger partial charge in [0.1, 0.15) is 5.75 Å². The lowest BCUT2D eigenvalue weighted by Gasteiger charge is -2.00. The standard InChI is InChI=1S/C18H20O/c1-19-18-14-12-17(13-15-18)11-7-3-6-10-16-8-4-2-5-9-16/h2,4-5,7-9,11-15H,3,6,10H2,1H3/b11-7+. The molecule has 2 aromatic carbocycles. The number of ether oxygens (including phenoxy) is 1. The van der Waals surface area contributed by atoms with Gasteiger partial charge in [-0.15, -0.1) is 0 Å². The molecule has 98 valence electrons. The summed E-state index contributed by atoms with van der Waals surface area (Å²) in [5, 5.41) is 0. The fourth-order valence-corrected chi connectivity index (χ4v) is 2.00. The fourth-order valence-electron chi connectivity index (χ4n) is 2.00. The highest BCUT2D eigenvalue weighted by atomic mass is 16.5. The van der Waals surface area contributed by atoms with Gasteiger partial charge in [-0.1, -0.05) is 54.6 Å². The highest BCUT2D eigenvalue weighted by molar-refractivity contribution is 5.50. The molecule has 0 heterocycles. The molecule has 0 amide bonds. The number of allylic oxidation sites excluding steroid dienone is 1. The van der Waals surface area contributed by atoms with Gasteiger partial charge in [0.05, 0.1) is 7.11 Å². The molecular formula is C18H20O. The topological polar surface area (TPSA) is 9.23 Å². The number of benzene rings is 2. The second-order valence-corrected chi connectivity index (χ2v) is 4.55. The molecule has 0 fully saturated rings. The summed E-state index contributed by atoms with van der Waals surface area (Å²) in [6.45, 7) is 0. The zero-order valence-electron chi connectivity index (χ0n) is 11.4. The van der Waals surface area contributed by atoms with E-state index in [1.54, 1.807) is 7.11 Å². The van der Waals surface area contributed by atoms with Crippen molar-refractivity contribution in [2.75, 3.05) is 7.11 Å². The lowest BCUT2D eigenvalue weighted by molar-refractivity contribution is 0.415. The van der Waals surface area contributed by atoms with E-state index in [1.165, 1.54) is 17.5 Å². The molecular weight excluding hydrogens is 232 g/mol. The SMILES string of the molecule is COc1ccc(/C=C/CCCc2ccccc2)cc1. The number of aryl methyl sites for hydroxylation is 1. The molecule has 0 aromatic heterocycles. The third kappa shape index (κ3) is 4.63. The van der Waals surface area contributed by atoms with Crippen LogP contribution in [0.1, 0.15) is 24.0 Å². The van der Waals surface area contributed by atoms with E-state index in [1.807, 2.05) is 12.1 Å². The molecule has 0 bridgehead atoms. The summed E-state index contributed by atoms with van der Waals surface area (Å²) in [7, 11) is 1.69. The highest BCUT2D eigenvalue weighted by Gasteiger charge is 1.91. The molecule has 0 radical (unpaired) electrons. The first-order valence-corrected chi connectivity index (χ1v) is 6.73. The predicted octanol–water partition coefficient (Wildman–Crippen LogP) is 4.73. The van der Waals surface area contributed by atoms with Gasteiger partial charge in [0, 0.05) is 0 Å². The van der Waals surface area contributed by atoms with E-state index >= 15 is 0 Å². The second-order valence-electron chi connectivity index (χ2n) is 4.55. The van der Waals surface area contributed by atoms with Crippen LogP contribution in [-0.2, 0) is 6.42 Å². The number of hydrogen-bond donors (Lipinski definition) is 0. The van der Waals surface area contributed by atoms with E-state index in [-0.39, 0.29) is 0 Å². The molecule has 0 saturated heterocycles. The van der Waals surface area contributed by atoms with Gasteiger partial charge in [-0.2, -0.15) is 0 Å². The van der Waals surface area contributed by atoms with Gasteiger partial charge in [-0.3, -0.25) is 0 Å². The molecule has 2 aromatic rings. The highest BCUT2D eigenvalue weighted by Crippen LogP contribution is 2.13. The largest absolute Gasteiger partial charge is 0.497 e. The Morgan fingerprint density at radius 2 is 1.68 bits per heavy atom. The van der Waals surface area contributed by atoms with Crippen LogP contribution in [-0.4, -0.2) is 7.11 Å². The van der Waals surface area contributed by atoms with Crippen molar-refractivity contribution in [3.63, 3.8) is 0 Å². The number of rotatable bonds is 6. The zero-order valence-corrected chi connectivity index (χ0v) is 11.4. The Morgan fingerprint density at radius 3 is 2.37 bits per heavy atom. The molecule has 0 aliphatic heterocycles. The molecule has 0 aliphatic carbocycles. The summed E-state index contributed by atoms with van der Waals surface area (Å²) in [4.78, 5) is 0. The number of unbranched alkanes of at least 4 members (excludes halogenated alkanes) is 1. The van der Waals surface area contributed by atoms with Crippen LogP contribution in [0.25, 0.3) is 6.08 Å². The van der Waals surface area contributed by atoms with Gasteiger partial charge < -0.3 is 4.74 Å².